The van der Waals surface area contributed by atoms with Gasteiger partial charge in [-0.2, -0.15) is 0 Å². The molecule has 0 fully saturated rings. The third-order valence-corrected chi connectivity index (χ3v) is 2.67. The lowest BCUT2D eigenvalue weighted by atomic mass is 10.0. The van der Waals surface area contributed by atoms with Gasteiger partial charge in [0.25, 0.3) is 0 Å². The van der Waals surface area contributed by atoms with Gasteiger partial charge >= 0.3 is 0 Å². The van der Waals surface area contributed by atoms with Crippen molar-refractivity contribution in [1.29, 1.82) is 0 Å². The van der Waals surface area contributed by atoms with E-state index in [-0.39, 0.29) is 0 Å². The van der Waals surface area contributed by atoms with Crippen LogP contribution in [0.5, 0.6) is 5.75 Å². The first kappa shape index (κ1) is 12.1. The predicted octanol–water partition coefficient (Wildman–Crippen LogP) is 3.43. The van der Waals surface area contributed by atoms with Gasteiger partial charge < -0.3 is 4.74 Å². The molecule has 0 saturated heterocycles. The van der Waals surface area contributed by atoms with Crippen molar-refractivity contribution in [3.8, 4) is 5.75 Å². The Balaban J connectivity index is 2.32. The maximum Gasteiger partial charge on any atom is 0.150 e. The SMILES string of the molecule is COc1ccc(C=C(C=O)c2ccccc2)cc1. The van der Waals surface area contributed by atoms with Gasteiger partial charge in [0.1, 0.15) is 5.75 Å². The van der Waals surface area contributed by atoms with E-state index in [4.69, 9.17) is 4.74 Å². The molecular formula is C16H14O2. The Kier molecular flexibility index (Phi) is 3.92. The quantitative estimate of drug-likeness (QED) is 0.463. The number of hydrogen-bond donors (Lipinski definition) is 0. The van der Waals surface area contributed by atoms with Crippen molar-refractivity contribution in [2.75, 3.05) is 7.11 Å². The Bertz CT molecular complexity index is 539. The molecule has 90 valence electrons. The third kappa shape index (κ3) is 2.86. The molecule has 2 nitrogen and oxygen atoms in total. The fourth-order valence-electron chi connectivity index (χ4n) is 1.70. The number of carbonyl (C=O) groups is 1. The van der Waals surface area contributed by atoms with Crippen LogP contribution in [0.1, 0.15) is 11.1 Å². The van der Waals surface area contributed by atoms with Crippen LogP contribution in [0, 0.1) is 0 Å². The van der Waals surface area contributed by atoms with Crippen LogP contribution < -0.4 is 4.74 Å². The smallest absolute Gasteiger partial charge is 0.150 e. The summed E-state index contributed by atoms with van der Waals surface area (Å²) in [6, 6.07) is 17.2. The molecule has 0 bridgehead atoms. The van der Waals surface area contributed by atoms with Gasteiger partial charge in [-0.3, -0.25) is 4.79 Å². The number of rotatable bonds is 4. The van der Waals surface area contributed by atoms with Crippen LogP contribution in [0.4, 0.5) is 0 Å². The lowest BCUT2D eigenvalue weighted by molar-refractivity contribution is -0.103. The maximum absolute atomic E-state index is 11.1. The fourth-order valence-corrected chi connectivity index (χ4v) is 1.70. The van der Waals surface area contributed by atoms with E-state index in [1.54, 1.807) is 7.11 Å². The predicted molar refractivity (Wildman–Crippen MR) is 73.4 cm³/mol. The van der Waals surface area contributed by atoms with Gasteiger partial charge in [0.05, 0.1) is 7.11 Å². The van der Waals surface area contributed by atoms with E-state index in [0.29, 0.717) is 5.57 Å². The lowest BCUT2D eigenvalue weighted by Crippen LogP contribution is -1.86. The topological polar surface area (TPSA) is 26.3 Å². The summed E-state index contributed by atoms with van der Waals surface area (Å²) in [6.45, 7) is 0. The average molecular weight is 238 g/mol. The van der Waals surface area contributed by atoms with Crippen molar-refractivity contribution in [3.63, 3.8) is 0 Å². The first-order valence-electron chi connectivity index (χ1n) is 5.70. The Labute approximate surface area is 107 Å². The highest BCUT2D eigenvalue weighted by Crippen LogP contribution is 2.18. The molecular weight excluding hydrogens is 224 g/mol. The summed E-state index contributed by atoms with van der Waals surface area (Å²) in [4.78, 5) is 11.1. The second-order valence-corrected chi connectivity index (χ2v) is 3.86. The minimum atomic E-state index is 0.667. The molecule has 0 aliphatic rings. The van der Waals surface area contributed by atoms with E-state index < -0.39 is 0 Å². The highest BCUT2D eigenvalue weighted by molar-refractivity contribution is 6.13. The minimum Gasteiger partial charge on any atom is -0.497 e. The van der Waals surface area contributed by atoms with Crippen molar-refractivity contribution in [1.82, 2.24) is 0 Å². The molecule has 2 rings (SSSR count). The molecule has 0 amide bonds. The van der Waals surface area contributed by atoms with Crippen molar-refractivity contribution in [3.05, 3.63) is 65.7 Å². The molecule has 2 heteroatoms. The van der Waals surface area contributed by atoms with E-state index in [1.165, 1.54) is 0 Å². The van der Waals surface area contributed by atoms with Gasteiger partial charge in [-0.15, -0.1) is 0 Å². The molecule has 0 unspecified atom stereocenters. The number of ether oxygens (including phenoxy) is 1. The van der Waals surface area contributed by atoms with E-state index >= 15 is 0 Å². The molecule has 2 aromatic carbocycles. The Morgan fingerprint density at radius 1 is 1.00 bits per heavy atom. The molecule has 0 atom stereocenters. The van der Waals surface area contributed by atoms with Gasteiger partial charge in [0.15, 0.2) is 6.29 Å². The Morgan fingerprint density at radius 3 is 2.22 bits per heavy atom. The molecule has 2 aromatic rings. The van der Waals surface area contributed by atoms with E-state index in [1.807, 2.05) is 60.7 Å². The van der Waals surface area contributed by atoms with Gasteiger partial charge in [0, 0.05) is 5.57 Å². The number of allylic oxidation sites excluding steroid dienone is 1. The zero-order valence-electron chi connectivity index (χ0n) is 10.2. The second-order valence-electron chi connectivity index (χ2n) is 3.86. The molecule has 0 aromatic heterocycles. The van der Waals surface area contributed by atoms with Crippen LogP contribution in [0.25, 0.3) is 11.6 Å². The summed E-state index contributed by atoms with van der Waals surface area (Å²) in [5.74, 6) is 0.805. The largest absolute Gasteiger partial charge is 0.497 e. The first-order valence-corrected chi connectivity index (χ1v) is 5.70. The van der Waals surface area contributed by atoms with Crippen LogP contribution in [0.2, 0.25) is 0 Å². The summed E-state index contributed by atoms with van der Waals surface area (Å²) < 4.78 is 5.09. The summed E-state index contributed by atoms with van der Waals surface area (Å²) in [5, 5.41) is 0. The van der Waals surface area contributed by atoms with Crippen LogP contribution in [-0.4, -0.2) is 13.4 Å². The molecule has 18 heavy (non-hydrogen) atoms. The number of carbonyl (C=O) groups excluding carboxylic acids is 1. The maximum atomic E-state index is 11.1. The van der Waals surface area contributed by atoms with Crippen molar-refractivity contribution in [2.24, 2.45) is 0 Å². The lowest BCUT2D eigenvalue weighted by Gasteiger charge is -2.02. The molecule has 0 N–H and O–H groups in total. The summed E-state index contributed by atoms with van der Waals surface area (Å²) in [5.41, 5.74) is 2.56. The van der Waals surface area contributed by atoms with E-state index in [9.17, 15) is 4.79 Å². The van der Waals surface area contributed by atoms with Gasteiger partial charge in [-0.1, -0.05) is 42.5 Å². The van der Waals surface area contributed by atoms with Crippen LogP contribution in [-0.2, 0) is 4.79 Å². The molecule has 0 saturated carbocycles. The molecule has 0 aliphatic carbocycles. The van der Waals surface area contributed by atoms with Gasteiger partial charge in [0.2, 0.25) is 0 Å². The minimum absolute atomic E-state index is 0.667. The van der Waals surface area contributed by atoms with E-state index in [2.05, 4.69) is 0 Å². The zero-order chi connectivity index (χ0) is 12.8. The third-order valence-electron chi connectivity index (χ3n) is 2.67. The molecule has 0 heterocycles. The van der Waals surface area contributed by atoms with Crippen LogP contribution in [0.3, 0.4) is 0 Å². The Hall–Kier alpha value is -2.35. The summed E-state index contributed by atoms with van der Waals surface area (Å²) >= 11 is 0. The highest BCUT2D eigenvalue weighted by Gasteiger charge is 1.99. The number of benzene rings is 2. The van der Waals surface area contributed by atoms with Crippen molar-refractivity contribution < 1.29 is 9.53 Å². The zero-order valence-corrected chi connectivity index (χ0v) is 10.2. The monoisotopic (exact) mass is 238 g/mol. The number of hydrogen-bond acceptors (Lipinski definition) is 2. The first-order chi connectivity index (χ1) is 8.83. The average Bonchev–Trinajstić information content (AvgIpc) is 2.46. The number of methoxy groups -OCH3 is 1. The highest BCUT2D eigenvalue weighted by atomic mass is 16.5. The second kappa shape index (κ2) is 5.82. The number of aldehydes is 1. The standard InChI is InChI=1S/C16H14O2/c1-18-16-9-7-13(8-10-16)11-15(12-17)14-5-3-2-4-6-14/h2-12H,1H3. The molecule has 0 radical (unpaired) electrons. The van der Waals surface area contributed by atoms with Crippen molar-refractivity contribution in [2.45, 2.75) is 0 Å². The summed E-state index contributed by atoms with van der Waals surface area (Å²) in [6.07, 6.45) is 2.74. The fraction of sp³-hybridized carbons (Fsp3) is 0.0625. The van der Waals surface area contributed by atoms with Gasteiger partial charge in [-0.25, -0.2) is 0 Å². The van der Waals surface area contributed by atoms with E-state index in [0.717, 1.165) is 23.2 Å². The molecule has 0 aliphatic heterocycles. The van der Waals surface area contributed by atoms with Gasteiger partial charge in [-0.05, 0) is 29.3 Å². The van der Waals surface area contributed by atoms with Crippen LogP contribution in [0.15, 0.2) is 54.6 Å². The normalized spacial score (nSPS) is 11.1. The summed E-state index contributed by atoms with van der Waals surface area (Å²) in [7, 11) is 1.63. The van der Waals surface area contributed by atoms with Crippen molar-refractivity contribution >= 4 is 17.9 Å². The van der Waals surface area contributed by atoms with Crippen LogP contribution >= 0.6 is 0 Å². The Morgan fingerprint density at radius 2 is 1.67 bits per heavy atom. The molecule has 0 spiro atoms.